The van der Waals surface area contributed by atoms with Crippen molar-refractivity contribution in [3.8, 4) is 0 Å². The third-order valence-electron chi connectivity index (χ3n) is 5.63. The van der Waals surface area contributed by atoms with Crippen molar-refractivity contribution in [2.24, 2.45) is 0 Å². The second-order valence-electron chi connectivity index (χ2n) is 6.64. The summed E-state index contributed by atoms with van der Waals surface area (Å²) in [6.07, 6.45) is 8.81. The molecule has 1 unspecified atom stereocenters. The zero-order valence-corrected chi connectivity index (χ0v) is 13.8. The molecule has 0 spiro atoms. The fraction of sp³-hybridized carbons (Fsp3) is 0.882. The number of imide groups is 1. The lowest BCUT2D eigenvalue weighted by Crippen LogP contribution is -2.53. The first-order chi connectivity index (χ1) is 10.1. The molecule has 1 aliphatic carbocycles. The highest BCUT2D eigenvalue weighted by Crippen LogP contribution is 2.29. The number of carbonyl (C=O) groups is 2. The molecule has 4 nitrogen and oxygen atoms in total. The van der Waals surface area contributed by atoms with Crippen molar-refractivity contribution in [2.45, 2.75) is 96.2 Å². The standard InChI is InChI=1S/C17H30N2O2/c1-4-17(5-2,6-3)18-14-12-15(20)19(16(14)21)13-10-8-7-9-11-13/h13-14,18H,4-12H2,1-3H3. The summed E-state index contributed by atoms with van der Waals surface area (Å²) in [4.78, 5) is 26.6. The second-order valence-corrected chi connectivity index (χ2v) is 6.64. The van der Waals surface area contributed by atoms with Crippen LogP contribution in [0.3, 0.4) is 0 Å². The largest absolute Gasteiger partial charge is 0.300 e. The van der Waals surface area contributed by atoms with Crippen LogP contribution < -0.4 is 5.32 Å². The van der Waals surface area contributed by atoms with Gasteiger partial charge in [-0.25, -0.2) is 0 Å². The Morgan fingerprint density at radius 1 is 1.05 bits per heavy atom. The van der Waals surface area contributed by atoms with E-state index < -0.39 is 0 Å². The van der Waals surface area contributed by atoms with Gasteiger partial charge in [0.05, 0.1) is 12.5 Å². The number of rotatable bonds is 6. The van der Waals surface area contributed by atoms with Gasteiger partial charge < -0.3 is 0 Å². The quantitative estimate of drug-likeness (QED) is 0.766. The van der Waals surface area contributed by atoms with Gasteiger partial charge >= 0.3 is 0 Å². The Morgan fingerprint density at radius 3 is 2.14 bits per heavy atom. The number of likely N-dealkylation sites (tertiary alicyclic amines) is 1. The van der Waals surface area contributed by atoms with Crippen molar-refractivity contribution >= 4 is 11.8 Å². The lowest BCUT2D eigenvalue weighted by molar-refractivity contribution is -0.142. The molecule has 4 heteroatoms. The maximum Gasteiger partial charge on any atom is 0.247 e. The molecule has 21 heavy (non-hydrogen) atoms. The Morgan fingerprint density at radius 2 is 1.62 bits per heavy atom. The van der Waals surface area contributed by atoms with Gasteiger partial charge in [-0.05, 0) is 32.1 Å². The molecule has 0 aromatic heterocycles. The Balaban J connectivity index is 2.06. The highest BCUT2D eigenvalue weighted by molar-refractivity contribution is 6.05. The van der Waals surface area contributed by atoms with Crippen molar-refractivity contribution in [1.29, 1.82) is 0 Å². The van der Waals surface area contributed by atoms with Gasteiger partial charge in [0, 0.05) is 11.6 Å². The molecular formula is C17H30N2O2. The summed E-state index contributed by atoms with van der Waals surface area (Å²) >= 11 is 0. The minimum Gasteiger partial charge on any atom is -0.300 e. The lowest BCUT2D eigenvalue weighted by Gasteiger charge is -2.35. The van der Waals surface area contributed by atoms with E-state index >= 15 is 0 Å². The summed E-state index contributed by atoms with van der Waals surface area (Å²) in [5.41, 5.74) is -0.0107. The highest BCUT2D eigenvalue weighted by atomic mass is 16.2. The number of nitrogens with one attached hydrogen (secondary N) is 1. The van der Waals surface area contributed by atoms with Crippen molar-refractivity contribution < 1.29 is 9.59 Å². The maximum absolute atomic E-state index is 12.7. The molecule has 0 radical (unpaired) electrons. The van der Waals surface area contributed by atoms with E-state index in [0.29, 0.717) is 6.42 Å². The van der Waals surface area contributed by atoms with Crippen LogP contribution in [0.4, 0.5) is 0 Å². The fourth-order valence-electron chi connectivity index (χ4n) is 3.91. The van der Waals surface area contributed by atoms with Crippen molar-refractivity contribution in [3.05, 3.63) is 0 Å². The average molecular weight is 294 g/mol. The van der Waals surface area contributed by atoms with E-state index in [1.54, 1.807) is 4.90 Å². The molecule has 1 saturated heterocycles. The Kier molecular flexibility index (Phi) is 5.42. The first-order valence-electron chi connectivity index (χ1n) is 8.70. The molecule has 120 valence electrons. The minimum atomic E-state index is -0.306. The van der Waals surface area contributed by atoms with Crippen LogP contribution in [-0.4, -0.2) is 34.3 Å². The molecule has 0 aromatic carbocycles. The number of nitrogens with zero attached hydrogens (tertiary/aromatic N) is 1. The molecule has 1 N–H and O–H groups in total. The molecule has 1 saturated carbocycles. The summed E-state index contributed by atoms with van der Waals surface area (Å²) < 4.78 is 0. The van der Waals surface area contributed by atoms with E-state index in [9.17, 15) is 9.59 Å². The molecule has 0 bridgehead atoms. The van der Waals surface area contributed by atoms with E-state index in [1.165, 1.54) is 6.42 Å². The smallest absolute Gasteiger partial charge is 0.247 e. The van der Waals surface area contributed by atoms with Gasteiger partial charge in [-0.2, -0.15) is 0 Å². The molecule has 1 atom stereocenters. The average Bonchev–Trinajstić information content (AvgIpc) is 2.80. The van der Waals surface area contributed by atoms with Crippen molar-refractivity contribution in [1.82, 2.24) is 10.2 Å². The van der Waals surface area contributed by atoms with Gasteiger partial charge in [0.1, 0.15) is 0 Å². The van der Waals surface area contributed by atoms with Crippen molar-refractivity contribution in [2.75, 3.05) is 0 Å². The number of hydrogen-bond acceptors (Lipinski definition) is 3. The van der Waals surface area contributed by atoms with Gasteiger partial charge in [-0.3, -0.25) is 19.8 Å². The zero-order chi connectivity index (χ0) is 15.5. The Labute approximate surface area is 128 Å². The van der Waals surface area contributed by atoms with E-state index in [4.69, 9.17) is 0 Å². The van der Waals surface area contributed by atoms with E-state index in [1.807, 2.05) is 0 Å². The number of amides is 2. The molecule has 2 fully saturated rings. The molecule has 1 aliphatic heterocycles. The Hall–Kier alpha value is -0.900. The Bertz CT molecular complexity index is 376. The monoisotopic (exact) mass is 294 g/mol. The third kappa shape index (κ3) is 3.31. The predicted molar refractivity (Wildman–Crippen MR) is 83.9 cm³/mol. The highest BCUT2D eigenvalue weighted by Gasteiger charge is 2.44. The molecule has 2 rings (SSSR count). The summed E-state index contributed by atoms with van der Waals surface area (Å²) in [6, 6.07) is -0.149. The van der Waals surface area contributed by atoms with E-state index in [0.717, 1.165) is 44.9 Å². The minimum absolute atomic E-state index is 0.0107. The summed E-state index contributed by atoms with van der Waals surface area (Å²) in [6.45, 7) is 6.46. The topological polar surface area (TPSA) is 49.4 Å². The maximum atomic E-state index is 12.7. The van der Waals surface area contributed by atoms with Crippen LogP contribution in [0.1, 0.15) is 78.6 Å². The first-order valence-corrected chi connectivity index (χ1v) is 8.70. The zero-order valence-electron chi connectivity index (χ0n) is 13.8. The van der Waals surface area contributed by atoms with Gasteiger partial charge in [-0.15, -0.1) is 0 Å². The van der Waals surface area contributed by atoms with Crippen LogP contribution in [0.25, 0.3) is 0 Å². The van der Waals surface area contributed by atoms with Crippen molar-refractivity contribution in [3.63, 3.8) is 0 Å². The van der Waals surface area contributed by atoms with Gasteiger partial charge in [0.2, 0.25) is 11.8 Å². The first kappa shape index (κ1) is 16.5. The molecular weight excluding hydrogens is 264 g/mol. The number of carbonyl (C=O) groups excluding carboxylic acids is 2. The van der Waals surface area contributed by atoms with E-state index in [2.05, 4.69) is 26.1 Å². The van der Waals surface area contributed by atoms with E-state index in [-0.39, 0.29) is 29.4 Å². The second kappa shape index (κ2) is 6.91. The summed E-state index contributed by atoms with van der Waals surface area (Å²) in [7, 11) is 0. The van der Waals surface area contributed by atoms with Crippen LogP contribution in [0.5, 0.6) is 0 Å². The van der Waals surface area contributed by atoms with Gasteiger partial charge in [0.25, 0.3) is 0 Å². The third-order valence-corrected chi connectivity index (χ3v) is 5.63. The predicted octanol–water partition coefficient (Wildman–Crippen LogP) is 3.01. The van der Waals surface area contributed by atoms with Crippen LogP contribution in [0.2, 0.25) is 0 Å². The van der Waals surface area contributed by atoms with Crippen LogP contribution in [-0.2, 0) is 9.59 Å². The molecule has 2 amide bonds. The van der Waals surface area contributed by atoms with Gasteiger partial charge in [0.15, 0.2) is 0 Å². The fourth-order valence-corrected chi connectivity index (χ4v) is 3.91. The normalized spacial score (nSPS) is 24.9. The molecule has 0 aromatic rings. The number of hydrogen-bond donors (Lipinski definition) is 1. The SMILES string of the molecule is CCC(CC)(CC)NC1CC(=O)N(C2CCCCC2)C1=O. The summed E-state index contributed by atoms with van der Waals surface area (Å²) in [5.74, 6) is 0.0493. The molecule has 2 aliphatic rings. The van der Waals surface area contributed by atoms with Crippen LogP contribution in [0, 0.1) is 0 Å². The lowest BCUT2D eigenvalue weighted by atomic mass is 9.88. The van der Waals surface area contributed by atoms with Gasteiger partial charge in [-0.1, -0.05) is 40.0 Å². The van der Waals surface area contributed by atoms with Crippen LogP contribution in [0.15, 0.2) is 0 Å². The van der Waals surface area contributed by atoms with Crippen LogP contribution >= 0.6 is 0 Å². The molecule has 1 heterocycles. The summed E-state index contributed by atoms with van der Waals surface area (Å²) in [5, 5.41) is 3.52.